The topological polar surface area (TPSA) is 36.2 Å². The lowest BCUT2D eigenvalue weighted by Gasteiger charge is -1.86. The van der Waals surface area contributed by atoms with Crippen molar-refractivity contribution in [2.75, 3.05) is 6.54 Å². The van der Waals surface area contributed by atoms with E-state index in [4.69, 9.17) is 5.41 Å². The van der Waals surface area contributed by atoms with Crippen molar-refractivity contribution in [3.8, 4) is 0 Å². The van der Waals surface area contributed by atoms with Gasteiger partial charge in [-0.3, -0.25) is 4.99 Å². The van der Waals surface area contributed by atoms with E-state index in [0.29, 0.717) is 12.1 Å². The first-order valence-corrected chi connectivity index (χ1v) is 2.99. The van der Waals surface area contributed by atoms with Gasteiger partial charge in [-0.05, 0) is 6.92 Å². The van der Waals surface area contributed by atoms with E-state index >= 15 is 0 Å². The molecule has 0 heterocycles. The van der Waals surface area contributed by atoms with E-state index in [-0.39, 0.29) is 0 Å². The Morgan fingerprint density at radius 2 is 2.44 bits per heavy atom. The first kappa shape index (κ1) is 8.08. The number of nitrogens with zero attached hydrogens (tertiary/aromatic N) is 1. The smallest absolute Gasteiger partial charge is 0.0529 e. The van der Waals surface area contributed by atoms with Crippen LogP contribution >= 0.6 is 0 Å². The van der Waals surface area contributed by atoms with Crippen molar-refractivity contribution < 1.29 is 0 Å². The van der Waals surface area contributed by atoms with Crippen molar-refractivity contribution in [1.82, 2.24) is 0 Å². The molecule has 0 aliphatic rings. The second-order valence-corrected chi connectivity index (χ2v) is 1.65. The molecule has 2 nitrogen and oxygen atoms in total. The number of aliphatic imine (C=N–C) groups is 1. The highest BCUT2D eigenvalue weighted by atomic mass is 14.7. The number of hydrogen-bond acceptors (Lipinski definition) is 2. The fraction of sp³-hybridized carbons (Fsp3) is 0.429. The standard InChI is InChI=1S/C7H12N2/c1-3-5-7(8)6-9-4-2/h3,6,8H,1,4-5H2,2H3/b8-7?,9-6+. The Hall–Kier alpha value is -0.920. The van der Waals surface area contributed by atoms with Gasteiger partial charge >= 0.3 is 0 Å². The van der Waals surface area contributed by atoms with Gasteiger partial charge in [0.25, 0.3) is 0 Å². The van der Waals surface area contributed by atoms with Crippen LogP contribution in [-0.4, -0.2) is 18.5 Å². The SMILES string of the molecule is C=CCC(=N)/C=N/CC. The third-order valence-electron chi connectivity index (χ3n) is 0.794. The highest BCUT2D eigenvalue weighted by molar-refractivity contribution is 6.29. The van der Waals surface area contributed by atoms with Gasteiger partial charge in [0.1, 0.15) is 0 Å². The molecule has 0 unspecified atom stereocenters. The summed E-state index contributed by atoms with van der Waals surface area (Å²) in [6, 6.07) is 0. The van der Waals surface area contributed by atoms with Crippen molar-refractivity contribution in [3.63, 3.8) is 0 Å². The predicted molar refractivity (Wildman–Crippen MR) is 41.6 cm³/mol. The minimum absolute atomic E-state index is 0.520. The molecule has 0 radical (unpaired) electrons. The molecule has 0 amide bonds. The molecule has 0 saturated carbocycles. The molecule has 1 N–H and O–H groups in total. The highest BCUT2D eigenvalue weighted by Crippen LogP contribution is 1.80. The Morgan fingerprint density at radius 1 is 1.78 bits per heavy atom. The summed E-state index contributed by atoms with van der Waals surface area (Å²) in [4.78, 5) is 3.89. The van der Waals surface area contributed by atoms with Crippen LogP contribution in [0.3, 0.4) is 0 Å². The monoisotopic (exact) mass is 124 g/mol. The molecule has 0 saturated heterocycles. The maximum Gasteiger partial charge on any atom is 0.0529 e. The summed E-state index contributed by atoms with van der Waals surface area (Å²) < 4.78 is 0. The first-order chi connectivity index (χ1) is 4.31. The van der Waals surface area contributed by atoms with Crippen molar-refractivity contribution in [1.29, 1.82) is 5.41 Å². The Kier molecular flexibility index (Phi) is 4.69. The predicted octanol–water partition coefficient (Wildman–Crippen LogP) is 1.67. The molecule has 0 aromatic rings. The lowest BCUT2D eigenvalue weighted by atomic mass is 10.3. The second-order valence-electron chi connectivity index (χ2n) is 1.65. The minimum atomic E-state index is 0.520. The average Bonchev–Trinajstić information content (AvgIpc) is 1.85. The molecule has 0 aromatic carbocycles. The van der Waals surface area contributed by atoms with Gasteiger partial charge in [-0.15, -0.1) is 6.58 Å². The molecule has 0 spiro atoms. The van der Waals surface area contributed by atoms with E-state index in [1.54, 1.807) is 12.3 Å². The van der Waals surface area contributed by atoms with E-state index in [2.05, 4.69) is 11.6 Å². The normalized spacial score (nSPS) is 9.89. The summed E-state index contributed by atoms with van der Waals surface area (Å²) in [7, 11) is 0. The minimum Gasteiger partial charge on any atom is -0.303 e. The summed E-state index contributed by atoms with van der Waals surface area (Å²) in [6.45, 7) is 6.20. The Balaban J connectivity index is 3.49. The number of hydrogen-bond donors (Lipinski definition) is 1. The molecular formula is C7H12N2. The lowest BCUT2D eigenvalue weighted by Crippen LogP contribution is -1.94. The van der Waals surface area contributed by atoms with Crippen molar-refractivity contribution >= 4 is 11.9 Å². The van der Waals surface area contributed by atoms with Crippen LogP contribution in [0, 0.1) is 5.41 Å². The van der Waals surface area contributed by atoms with E-state index in [1.807, 2.05) is 6.92 Å². The summed E-state index contributed by atoms with van der Waals surface area (Å²) in [5, 5.41) is 7.17. The average molecular weight is 124 g/mol. The van der Waals surface area contributed by atoms with Gasteiger partial charge in [-0.2, -0.15) is 0 Å². The van der Waals surface area contributed by atoms with Gasteiger partial charge in [0.05, 0.1) is 5.71 Å². The molecule has 0 fully saturated rings. The van der Waals surface area contributed by atoms with E-state index in [0.717, 1.165) is 6.54 Å². The molecule has 0 rings (SSSR count). The molecule has 0 aromatic heterocycles. The van der Waals surface area contributed by atoms with Crippen LogP contribution in [0.15, 0.2) is 17.6 Å². The van der Waals surface area contributed by atoms with Crippen LogP contribution in [-0.2, 0) is 0 Å². The number of allylic oxidation sites excluding steroid dienone is 1. The van der Waals surface area contributed by atoms with Crippen LogP contribution in [0.25, 0.3) is 0 Å². The molecule has 0 bridgehead atoms. The summed E-state index contributed by atoms with van der Waals surface area (Å²) in [5.74, 6) is 0. The molecule has 2 heteroatoms. The van der Waals surface area contributed by atoms with Crippen LogP contribution in [0.4, 0.5) is 0 Å². The zero-order chi connectivity index (χ0) is 7.11. The molecule has 9 heavy (non-hydrogen) atoms. The van der Waals surface area contributed by atoms with Gasteiger partial charge in [-0.25, -0.2) is 0 Å². The third-order valence-corrected chi connectivity index (χ3v) is 0.794. The molecule has 0 aliphatic carbocycles. The van der Waals surface area contributed by atoms with Gasteiger partial charge in [-0.1, -0.05) is 6.08 Å². The van der Waals surface area contributed by atoms with E-state index < -0.39 is 0 Å². The Bertz CT molecular complexity index is 125. The Labute approximate surface area is 55.8 Å². The van der Waals surface area contributed by atoms with Crippen molar-refractivity contribution in [3.05, 3.63) is 12.7 Å². The molecule has 0 atom stereocenters. The van der Waals surface area contributed by atoms with Gasteiger partial charge in [0.2, 0.25) is 0 Å². The maximum atomic E-state index is 7.17. The summed E-state index contributed by atoms with van der Waals surface area (Å²) >= 11 is 0. The maximum absolute atomic E-state index is 7.17. The second kappa shape index (κ2) is 5.22. The van der Waals surface area contributed by atoms with Crippen LogP contribution < -0.4 is 0 Å². The van der Waals surface area contributed by atoms with E-state index in [9.17, 15) is 0 Å². The molecule has 50 valence electrons. The van der Waals surface area contributed by atoms with Crippen molar-refractivity contribution in [2.45, 2.75) is 13.3 Å². The first-order valence-electron chi connectivity index (χ1n) is 2.99. The molecule has 0 aliphatic heterocycles. The van der Waals surface area contributed by atoms with E-state index in [1.165, 1.54) is 0 Å². The highest BCUT2D eigenvalue weighted by Gasteiger charge is 1.83. The van der Waals surface area contributed by atoms with Crippen LogP contribution in [0.5, 0.6) is 0 Å². The summed E-state index contributed by atoms with van der Waals surface area (Å²) in [5.41, 5.74) is 0.520. The van der Waals surface area contributed by atoms with Gasteiger partial charge in [0.15, 0.2) is 0 Å². The lowest BCUT2D eigenvalue weighted by molar-refractivity contribution is 1.14. The zero-order valence-electron chi connectivity index (χ0n) is 5.72. The number of rotatable bonds is 4. The molecular weight excluding hydrogens is 112 g/mol. The fourth-order valence-electron chi connectivity index (χ4n) is 0.410. The van der Waals surface area contributed by atoms with Gasteiger partial charge in [0, 0.05) is 19.2 Å². The quantitative estimate of drug-likeness (QED) is 0.437. The zero-order valence-corrected chi connectivity index (χ0v) is 5.72. The fourth-order valence-corrected chi connectivity index (χ4v) is 0.410. The summed E-state index contributed by atoms with van der Waals surface area (Å²) in [6.07, 6.45) is 3.88. The Morgan fingerprint density at radius 3 is 2.89 bits per heavy atom. The van der Waals surface area contributed by atoms with Crippen LogP contribution in [0.2, 0.25) is 0 Å². The largest absolute Gasteiger partial charge is 0.303 e. The number of nitrogens with one attached hydrogen (secondary N) is 1. The van der Waals surface area contributed by atoms with Crippen LogP contribution in [0.1, 0.15) is 13.3 Å². The van der Waals surface area contributed by atoms with Gasteiger partial charge < -0.3 is 5.41 Å². The van der Waals surface area contributed by atoms with Crippen molar-refractivity contribution in [2.24, 2.45) is 4.99 Å². The third kappa shape index (κ3) is 4.94.